The Morgan fingerprint density at radius 2 is 1.00 bits per heavy atom. The highest BCUT2D eigenvalue weighted by molar-refractivity contribution is 6.51. The Labute approximate surface area is 90.0 Å². The molecule has 0 aromatic heterocycles. The predicted molar refractivity (Wildman–Crippen MR) is 62.5 cm³/mol. The Balaban J connectivity index is 1.82. The van der Waals surface area contributed by atoms with E-state index in [1.165, 1.54) is 64.7 Å². The van der Waals surface area contributed by atoms with Crippen LogP contribution in [0.1, 0.15) is 38.5 Å². The number of hydrogen-bond acceptors (Lipinski definition) is 2. The van der Waals surface area contributed by atoms with Gasteiger partial charge in [0.25, 0.3) is 0 Å². The predicted octanol–water partition coefficient (Wildman–Crippen LogP) is 2.08. The van der Waals surface area contributed by atoms with Gasteiger partial charge in [0, 0.05) is 0 Å². The van der Waals surface area contributed by atoms with Crippen molar-refractivity contribution >= 4 is 9.12 Å². The summed E-state index contributed by atoms with van der Waals surface area (Å²) in [6.45, 7) is 8.01. The Morgan fingerprint density at radius 3 is 1.36 bits per heavy atom. The molecule has 1 radical (unpaired) electrons. The van der Waals surface area contributed by atoms with Crippen LogP contribution in [-0.4, -0.2) is 44.4 Å². The van der Waals surface area contributed by atoms with Crippen molar-refractivity contribution in [2.24, 2.45) is 0 Å². The molecule has 2 saturated heterocycles. The molecule has 2 aliphatic heterocycles. The SMILES string of the molecule is C[Si](N1CCCCC1)N1CCCCC1. The molecule has 0 aromatic carbocycles. The summed E-state index contributed by atoms with van der Waals surface area (Å²) in [5.41, 5.74) is 0. The molecule has 0 unspecified atom stereocenters. The zero-order valence-electron chi connectivity index (χ0n) is 9.47. The third kappa shape index (κ3) is 2.58. The highest BCUT2D eigenvalue weighted by atomic mass is 28.3. The molecule has 3 heteroatoms. The van der Waals surface area contributed by atoms with Gasteiger partial charge in [-0.15, -0.1) is 0 Å². The number of piperidine rings is 2. The molecule has 2 rings (SSSR count). The number of rotatable bonds is 2. The molecule has 0 aromatic rings. The third-order valence-electron chi connectivity index (χ3n) is 3.63. The molecular formula is C11H23N2Si. The molecule has 2 nitrogen and oxygen atoms in total. The lowest BCUT2D eigenvalue weighted by molar-refractivity contribution is 0.281. The number of hydrogen-bond donors (Lipinski definition) is 0. The summed E-state index contributed by atoms with van der Waals surface area (Å²) in [5, 5.41) is 0. The lowest BCUT2D eigenvalue weighted by atomic mass is 10.2. The molecule has 0 aliphatic carbocycles. The van der Waals surface area contributed by atoms with E-state index < -0.39 is 0 Å². The van der Waals surface area contributed by atoms with Crippen molar-refractivity contribution in [2.75, 3.05) is 26.2 Å². The van der Waals surface area contributed by atoms with Crippen LogP contribution in [-0.2, 0) is 0 Å². The monoisotopic (exact) mass is 211 g/mol. The maximum absolute atomic E-state index is 2.78. The van der Waals surface area contributed by atoms with Crippen LogP contribution in [0.3, 0.4) is 0 Å². The summed E-state index contributed by atoms with van der Waals surface area (Å²) < 4.78 is 5.55. The Morgan fingerprint density at radius 1 is 0.643 bits per heavy atom. The lowest BCUT2D eigenvalue weighted by Crippen LogP contribution is -2.53. The van der Waals surface area contributed by atoms with E-state index in [4.69, 9.17) is 0 Å². The first-order valence-corrected chi connectivity index (χ1v) is 8.11. The van der Waals surface area contributed by atoms with Crippen LogP contribution in [0.25, 0.3) is 0 Å². The van der Waals surface area contributed by atoms with Crippen molar-refractivity contribution in [1.82, 2.24) is 9.13 Å². The van der Waals surface area contributed by atoms with E-state index in [2.05, 4.69) is 15.7 Å². The van der Waals surface area contributed by atoms with Crippen molar-refractivity contribution < 1.29 is 0 Å². The van der Waals surface area contributed by atoms with Gasteiger partial charge in [-0.1, -0.05) is 12.8 Å². The van der Waals surface area contributed by atoms with Crippen molar-refractivity contribution in [3.8, 4) is 0 Å². The minimum Gasteiger partial charge on any atom is -0.312 e. The molecule has 0 N–H and O–H groups in total. The topological polar surface area (TPSA) is 6.48 Å². The summed E-state index contributed by atoms with van der Waals surface area (Å²) in [7, 11) is -0.324. The molecule has 0 atom stereocenters. The van der Waals surface area contributed by atoms with Gasteiger partial charge in [-0.05, 0) is 58.4 Å². The second-order valence-electron chi connectivity index (χ2n) is 4.64. The van der Waals surface area contributed by atoms with Crippen LogP contribution in [0, 0.1) is 0 Å². The summed E-state index contributed by atoms with van der Waals surface area (Å²) in [6, 6.07) is 0. The fourth-order valence-corrected chi connectivity index (χ4v) is 4.96. The molecule has 0 amide bonds. The molecule has 0 bridgehead atoms. The standard InChI is InChI=1S/C11H23N2Si/c1-14(12-8-4-2-5-9-12)13-10-6-3-7-11-13/h2-11H2,1H3. The Bertz CT molecular complexity index is 145. The van der Waals surface area contributed by atoms with E-state index in [1.807, 2.05) is 0 Å². The average Bonchev–Trinajstić information content (AvgIpc) is 2.30. The van der Waals surface area contributed by atoms with E-state index in [1.54, 1.807) is 0 Å². The van der Waals surface area contributed by atoms with Crippen molar-refractivity contribution in [3.63, 3.8) is 0 Å². The second kappa shape index (κ2) is 5.28. The van der Waals surface area contributed by atoms with E-state index >= 15 is 0 Å². The minimum absolute atomic E-state index is 0.324. The van der Waals surface area contributed by atoms with E-state index in [0.717, 1.165) is 0 Å². The van der Waals surface area contributed by atoms with Gasteiger partial charge in [0.05, 0.1) is 0 Å². The largest absolute Gasteiger partial charge is 0.312 e. The van der Waals surface area contributed by atoms with Crippen molar-refractivity contribution in [2.45, 2.75) is 45.1 Å². The molecule has 14 heavy (non-hydrogen) atoms. The Kier molecular flexibility index (Phi) is 4.02. The summed E-state index contributed by atoms with van der Waals surface area (Å²) >= 11 is 0. The van der Waals surface area contributed by atoms with Crippen molar-refractivity contribution in [1.29, 1.82) is 0 Å². The van der Waals surface area contributed by atoms with Gasteiger partial charge in [0.1, 0.15) is 0 Å². The highest BCUT2D eigenvalue weighted by Crippen LogP contribution is 2.16. The maximum Gasteiger partial charge on any atom is 0.226 e. The van der Waals surface area contributed by atoms with Crippen LogP contribution < -0.4 is 0 Å². The van der Waals surface area contributed by atoms with Crippen molar-refractivity contribution in [3.05, 3.63) is 0 Å². The molecule has 0 spiro atoms. The molecule has 2 heterocycles. The fourth-order valence-electron chi connectivity index (χ4n) is 2.64. The van der Waals surface area contributed by atoms with Crippen LogP contribution in [0.2, 0.25) is 6.55 Å². The number of nitrogens with zero attached hydrogens (tertiary/aromatic N) is 2. The normalized spacial score (nSPS) is 27.0. The second-order valence-corrected chi connectivity index (χ2v) is 7.00. The first kappa shape index (κ1) is 10.6. The first-order valence-electron chi connectivity index (χ1n) is 6.21. The third-order valence-corrected chi connectivity index (χ3v) is 6.35. The zero-order valence-corrected chi connectivity index (χ0v) is 10.5. The highest BCUT2D eigenvalue weighted by Gasteiger charge is 2.25. The van der Waals surface area contributed by atoms with Gasteiger partial charge < -0.3 is 9.13 Å². The van der Waals surface area contributed by atoms with Gasteiger partial charge in [0.2, 0.25) is 9.12 Å². The quantitative estimate of drug-likeness (QED) is 0.645. The molecular weight excluding hydrogens is 188 g/mol. The van der Waals surface area contributed by atoms with Crippen LogP contribution in [0.5, 0.6) is 0 Å². The molecule has 2 fully saturated rings. The summed E-state index contributed by atoms with van der Waals surface area (Å²) in [6.07, 6.45) is 8.69. The van der Waals surface area contributed by atoms with Gasteiger partial charge >= 0.3 is 0 Å². The van der Waals surface area contributed by atoms with E-state index in [-0.39, 0.29) is 9.12 Å². The molecule has 81 valence electrons. The fraction of sp³-hybridized carbons (Fsp3) is 1.00. The Hall–Kier alpha value is 0.137. The van der Waals surface area contributed by atoms with Crippen LogP contribution >= 0.6 is 0 Å². The lowest BCUT2D eigenvalue weighted by Gasteiger charge is -2.39. The average molecular weight is 211 g/mol. The van der Waals surface area contributed by atoms with Crippen LogP contribution in [0.4, 0.5) is 0 Å². The van der Waals surface area contributed by atoms with Crippen LogP contribution in [0.15, 0.2) is 0 Å². The van der Waals surface area contributed by atoms with E-state index in [0.29, 0.717) is 0 Å². The summed E-state index contributed by atoms with van der Waals surface area (Å²) in [5.74, 6) is 0. The van der Waals surface area contributed by atoms with Gasteiger partial charge in [-0.2, -0.15) is 0 Å². The first-order chi connectivity index (χ1) is 6.88. The molecule has 0 saturated carbocycles. The van der Waals surface area contributed by atoms with Gasteiger partial charge in [-0.25, -0.2) is 0 Å². The van der Waals surface area contributed by atoms with Gasteiger partial charge in [0.15, 0.2) is 0 Å². The zero-order chi connectivity index (χ0) is 9.80. The maximum atomic E-state index is 2.78. The summed E-state index contributed by atoms with van der Waals surface area (Å²) in [4.78, 5) is 0. The van der Waals surface area contributed by atoms with E-state index in [9.17, 15) is 0 Å². The smallest absolute Gasteiger partial charge is 0.226 e. The molecule has 2 aliphatic rings. The van der Waals surface area contributed by atoms with Gasteiger partial charge in [-0.3, -0.25) is 0 Å². The minimum atomic E-state index is -0.324.